The van der Waals surface area contributed by atoms with Crippen molar-refractivity contribution in [1.82, 2.24) is 5.32 Å². The van der Waals surface area contributed by atoms with Gasteiger partial charge in [0, 0.05) is 23.4 Å². The molecule has 1 aliphatic carbocycles. The monoisotopic (exact) mass is 265 g/mol. The first-order chi connectivity index (χ1) is 8.69. The molecule has 1 saturated carbocycles. The Labute approximate surface area is 114 Å². The van der Waals surface area contributed by atoms with E-state index in [0.717, 1.165) is 18.8 Å². The molecule has 3 heteroatoms. The number of rotatable bonds is 6. The minimum absolute atomic E-state index is 0.497. The quantitative estimate of drug-likeness (QED) is 0.852. The van der Waals surface area contributed by atoms with Gasteiger partial charge in [0.2, 0.25) is 0 Å². The van der Waals surface area contributed by atoms with Gasteiger partial charge in [0.05, 0.1) is 7.11 Å². The van der Waals surface area contributed by atoms with Crippen LogP contribution in [0.1, 0.15) is 30.4 Å². The van der Waals surface area contributed by atoms with Crippen molar-refractivity contribution in [3.8, 4) is 5.75 Å². The molecule has 2 rings (SSSR count). The minimum atomic E-state index is 0.497. The summed E-state index contributed by atoms with van der Waals surface area (Å²) in [4.78, 5) is 0. The van der Waals surface area contributed by atoms with Gasteiger partial charge in [-0.15, -0.1) is 0 Å². The Hall–Kier alpha value is -0.670. The molecule has 1 N–H and O–H groups in total. The molecule has 0 bridgehead atoms. The fraction of sp³-hybridized carbons (Fsp3) is 0.600. The van der Waals surface area contributed by atoms with Gasteiger partial charge < -0.3 is 10.1 Å². The predicted octanol–water partition coefficient (Wildman–Crippen LogP) is 3.38. The molecule has 0 unspecified atom stereocenters. The van der Waals surface area contributed by atoms with Crippen LogP contribution in [-0.4, -0.2) is 24.7 Å². The first-order valence-corrected chi connectivity index (χ1v) is 7.81. The molecule has 0 heterocycles. The van der Waals surface area contributed by atoms with Crippen LogP contribution in [-0.2, 0) is 6.54 Å². The Morgan fingerprint density at radius 1 is 1.39 bits per heavy atom. The van der Waals surface area contributed by atoms with Gasteiger partial charge in [-0.2, -0.15) is 11.8 Å². The fourth-order valence-electron chi connectivity index (χ4n) is 2.49. The summed E-state index contributed by atoms with van der Waals surface area (Å²) in [5, 5.41) is 3.60. The van der Waals surface area contributed by atoms with Gasteiger partial charge in [0.1, 0.15) is 5.75 Å². The summed E-state index contributed by atoms with van der Waals surface area (Å²) >= 11 is 2.01. The van der Waals surface area contributed by atoms with E-state index in [9.17, 15) is 0 Å². The van der Waals surface area contributed by atoms with E-state index in [2.05, 4.69) is 36.7 Å². The third-order valence-electron chi connectivity index (χ3n) is 3.90. The number of thioether (sulfide) groups is 1. The van der Waals surface area contributed by atoms with Crippen LogP contribution in [0.15, 0.2) is 18.2 Å². The number of hydrogen-bond donors (Lipinski definition) is 1. The van der Waals surface area contributed by atoms with Crippen LogP contribution < -0.4 is 10.1 Å². The molecule has 0 saturated heterocycles. The van der Waals surface area contributed by atoms with Crippen molar-refractivity contribution in [2.75, 3.05) is 19.9 Å². The lowest BCUT2D eigenvalue weighted by molar-refractivity contribution is 0.343. The van der Waals surface area contributed by atoms with Crippen molar-refractivity contribution in [2.24, 2.45) is 0 Å². The zero-order chi connectivity index (χ0) is 13.0. The maximum Gasteiger partial charge on any atom is 0.123 e. The van der Waals surface area contributed by atoms with E-state index in [1.165, 1.54) is 30.4 Å². The highest BCUT2D eigenvalue weighted by molar-refractivity contribution is 8.00. The molecule has 1 fully saturated rings. The van der Waals surface area contributed by atoms with E-state index in [-0.39, 0.29) is 0 Å². The largest absolute Gasteiger partial charge is 0.496 e. The summed E-state index contributed by atoms with van der Waals surface area (Å²) in [6.45, 7) is 4.12. The summed E-state index contributed by atoms with van der Waals surface area (Å²) in [6, 6.07) is 6.36. The molecule has 1 aromatic rings. The molecule has 2 nitrogen and oxygen atoms in total. The molecule has 100 valence electrons. The second kappa shape index (κ2) is 5.98. The molecule has 0 radical (unpaired) electrons. The molecular formula is C15H23NOS. The lowest BCUT2D eigenvalue weighted by Crippen LogP contribution is -2.43. The van der Waals surface area contributed by atoms with Crippen molar-refractivity contribution in [1.29, 1.82) is 0 Å². The van der Waals surface area contributed by atoms with Gasteiger partial charge in [0.25, 0.3) is 0 Å². The molecular weight excluding hydrogens is 242 g/mol. The van der Waals surface area contributed by atoms with Crippen LogP contribution in [0.5, 0.6) is 5.75 Å². The third kappa shape index (κ3) is 3.01. The lowest BCUT2D eigenvalue weighted by atomic mass is 9.84. The molecule has 0 spiro atoms. The highest BCUT2D eigenvalue weighted by atomic mass is 32.2. The Balaban J connectivity index is 1.91. The SMILES string of the molecule is COc1ccc(C)cc1CNCC1(SC)CCC1. The van der Waals surface area contributed by atoms with Crippen LogP contribution in [0, 0.1) is 6.92 Å². The van der Waals surface area contributed by atoms with E-state index >= 15 is 0 Å². The summed E-state index contributed by atoms with van der Waals surface area (Å²) in [5.74, 6) is 0.986. The number of methoxy groups -OCH3 is 1. The molecule has 0 aliphatic heterocycles. The zero-order valence-electron chi connectivity index (χ0n) is 11.6. The summed E-state index contributed by atoms with van der Waals surface area (Å²) in [7, 11) is 1.74. The summed E-state index contributed by atoms with van der Waals surface area (Å²) in [6.07, 6.45) is 6.32. The molecule has 18 heavy (non-hydrogen) atoms. The fourth-order valence-corrected chi connectivity index (χ4v) is 3.44. The number of aryl methyl sites for hydroxylation is 1. The van der Waals surface area contributed by atoms with Crippen LogP contribution >= 0.6 is 11.8 Å². The standard InChI is InChI=1S/C15H23NOS/c1-12-5-6-14(17-2)13(9-12)10-16-11-15(18-3)7-4-8-15/h5-6,9,16H,4,7-8,10-11H2,1-3H3. The van der Waals surface area contributed by atoms with Crippen LogP contribution in [0.25, 0.3) is 0 Å². The van der Waals surface area contributed by atoms with Crippen molar-refractivity contribution >= 4 is 11.8 Å². The maximum atomic E-state index is 5.40. The van der Waals surface area contributed by atoms with E-state index in [1.807, 2.05) is 11.8 Å². The number of nitrogens with one attached hydrogen (secondary N) is 1. The van der Waals surface area contributed by atoms with E-state index < -0.39 is 0 Å². The average molecular weight is 265 g/mol. The van der Waals surface area contributed by atoms with Crippen molar-refractivity contribution < 1.29 is 4.74 Å². The van der Waals surface area contributed by atoms with Crippen molar-refractivity contribution in [3.05, 3.63) is 29.3 Å². The van der Waals surface area contributed by atoms with Crippen LogP contribution in [0.2, 0.25) is 0 Å². The van der Waals surface area contributed by atoms with Crippen LogP contribution in [0.4, 0.5) is 0 Å². The van der Waals surface area contributed by atoms with Gasteiger partial charge in [0.15, 0.2) is 0 Å². The zero-order valence-corrected chi connectivity index (χ0v) is 12.4. The van der Waals surface area contributed by atoms with E-state index in [0.29, 0.717) is 4.75 Å². The smallest absolute Gasteiger partial charge is 0.123 e. The highest BCUT2D eigenvalue weighted by Gasteiger charge is 2.35. The number of ether oxygens (including phenoxy) is 1. The maximum absolute atomic E-state index is 5.40. The van der Waals surface area contributed by atoms with Gasteiger partial charge >= 0.3 is 0 Å². The Morgan fingerprint density at radius 2 is 2.17 bits per heavy atom. The van der Waals surface area contributed by atoms with E-state index in [1.54, 1.807) is 7.11 Å². The second-order valence-corrected chi connectivity index (χ2v) is 6.43. The van der Waals surface area contributed by atoms with Gasteiger partial charge in [-0.05, 0) is 32.1 Å². The Bertz CT molecular complexity index is 396. The first-order valence-electron chi connectivity index (χ1n) is 6.58. The molecule has 0 atom stereocenters. The van der Waals surface area contributed by atoms with Gasteiger partial charge in [-0.1, -0.05) is 24.1 Å². The first kappa shape index (κ1) is 13.8. The van der Waals surface area contributed by atoms with Crippen LogP contribution in [0.3, 0.4) is 0 Å². The highest BCUT2D eigenvalue weighted by Crippen LogP contribution is 2.42. The minimum Gasteiger partial charge on any atom is -0.496 e. The van der Waals surface area contributed by atoms with Crippen molar-refractivity contribution in [2.45, 2.75) is 37.5 Å². The normalized spacial score (nSPS) is 17.3. The van der Waals surface area contributed by atoms with Gasteiger partial charge in [-0.3, -0.25) is 0 Å². The molecule has 1 aromatic carbocycles. The molecule has 0 amide bonds. The molecule has 1 aliphatic rings. The second-order valence-electron chi connectivity index (χ2n) is 5.16. The summed E-state index contributed by atoms with van der Waals surface area (Å²) < 4.78 is 5.90. The van der Waals surface area contributed by atoms with E-state index in [4.69, 9.17) is 4.74 Å². The van der Waals surface area contributed by atoms with Crippen molar-refractivity contribution in [3.63, 3.8) is 0 Å². The molecule has 0 aromatic heterocycles. The predicted molar refractivity (Wildman–Crippen MR) is 79.5 cm³/mol. The summed E-state index contributed by atoms with van der Waals surface area (Å²) in [5.41, 5.74) is 2.55. The number of hydrogen-bond acceptors (Lipinski definition) is 3. The topological polar surface area (TPSA) is 21.3 Å². The van der Waals surface area contributed by atoms with Gasteiger partial charge in [-0.25, -0.2) is 0 Å². The average Bonchev–Trinajstić information content (AvgIpc) is 2.33. The third-order valence-corrected chi connectivity index (χ3v) is 5.31. The number of benzene rings is 1. The lowest BCUT2D eigenvalue weighted by Gasteiger charge is -2.40. The Morgan fingerprint density at radius 3 is 2.72 bits per heavy atom. The Kier molecular flexibility index (Phi) is 4.57.